The minimum absolute atomic E-state index is 0.245. The first kappa shape index (κ1) is 20.4. The summed E-state index contributed by atoms with van der Waals surface area (Å²) in [5.74, 6) is 1.07. The van der Waals surface area contributed by atoms with Gasteiger partial charge in [-0.25, -0.2) is 14.4 Å². The summed E-state index contributed by atoms with van der Waals surface area (Å²) in [4.78, 5) is 21.6. The predicted molar refractivity (Wildman–Crippen MR) is 125 cm³/mol. The Balaban J connectivity index is 1.31. The Morgan fingerprint density at radius 2 is 1.67 bits per heavy atom. The van der Waals surface area contributed by atoms with Crippen molar-refractivity contribution in [3.63, 3.8) is 0 Å². The molecule has 33 heavy (non-hydrogen) atoms. The molecule has 0 unspecified atom stereocenters. The molecule has 2 heterocycles. The van der Waals surface area contributed by atoms with E-state index in [2.05, 4.69) is 15.3 Å². The summed E-state index contributed by atoms with van der Waals surface area (Å²) in [6, 6.07) is 24.1. The molecule has 0 aliphatic heterocycles. The number of amides is 1. The van der Waals surface area contributed by atoms with Crippen LogP contribution in [0.1, 0.15) is 10.4 Å². The number of hydrogen-bond acceptors (Lipinski definition) is 4. The Hall–Kier alpha value is -4.52. The van der Waals surface area contributed by atoms with E-state index >= 15 is 0 Å². The number of aromatic nitrogens is 3. The average Bonchev–Trinajstić information content (AvgIpc) is 3.21. The van der Waals surface area contributed by atoms with E-state index in [1.807, 2.05) is 54.1 Å². The number of rotatable bonds is 5. The van der Waals surface area contributed by atoms with Gasteiger partial charge in [0, 0.05) is 18.2 Å². The number of imidazole rings is 1. The van der Waals surface area contributed by atoms with Gasteiger partial charge in [-0.3, -0.25) is 4.79 Å². The lowest BCUT2D eigenvalue weighted by Gasteiger charge is -2.09. The molecule has 7 heteroatoms. The number of aryl methyl sites for hydroxylation is 1. The number of benzene rings is 3. The van der Waals surface area contributed by atoms with Gasteiger partial charge in [-0.1, -0.05) is 6.07 Å². The van der Waals surface area contributed by atoms with Crippen LogP contribution in [0.4, 0.5) is 10.2 Å². The van der Waals surface area contributed by atoms with Crippen molar-refractivity contribution in [2.24, 2.45) is 7.05 Å². The third kappa shape index (κ3) is 4.43. The number of carbonyl (C=O) groups excluding carboxylic acids is 1. The van der Waals surface area contributed by atoms with Gasteiger partial charge < -0.3 is 14.6 Å². The fraction of sp³-hybridized carbons (Fsp3) is 0.0385. The number of halogens is 1. The van der Waals surface area contributed by atoms with Gasteiger partial charge >= 0.3 is 0 Å². The van der Waals surface area contributed by atoms with Crippen molar-refractivity contribution >= 4 is 22.8 Å². The monoisotopic (exact) mass is 438 g/mol. The molecular weight excluding hydrogens is 419 g/mol. The van der Waals surface area contributed by atoms with Gasteiger partial charge in [-0.2, -0.15) is 0 Å². The molecule has 5 aromatic rings. The Morgan fingerprint density at radius 1 is 0.939 bits per heavy atom. The van der Waals surface area contributed by atoms with Crippen molar-refractivity contribution in [3.8, 4) is 22.8 Å². The number of nitrogens with one attached hydrogen (secondary N) is 1. The molecule has 1 N–H and O–H groups in total. The molecule has 162 valence electrons. The van der Waals surface area contributed by atoms with E-state index in [0.29, 0.717) is 28.6 Å². The van der Waals surface area contributed by atoms with Crippen LogP contribution in [0.5, 0.6) is 11.5 Å². The van der Waals surface area contributed by atoms with Crippen molar-refractivity contribution in [1.82, 2.24) is 14.5 Å². The van der Waals surface area contributed by atoms with Crippen LogP contribution in [0.3, 0.4) is 0 Å². The molecule has 6 nitrogen and oxygen atoms in total. The lowest BCUT2D eigenvalue weighted by molar-refractivity contribution is 0.102. The highest BCUT2D eigenvalue weighted by atomic mass is 19.1. The van der Waals surface area contributed by atoms with Crippen molar-refractivity contribution in [2.45, 2.75) is 0 Å². The van der Waals surface area contributed by atoms with Crippen LogP contribution in [-0.4, -0.2) is 20.4 Å². The third-order valence-corrected chi connectivity index (χ3v) is 5.18. The van der Waals surface area contributed by atoms with E-state index < -0.39 is 0 Å². The van der Waals surface area contributed by atoms with E-state index in [4.69, 9.17) is 4.74 Å². The van der Waals surface area contributed by atoms with E-state index in [1.54, 1.807) is 36.7 Å². The van der Waals surface area contributed by atoms with Crippen LogP contribution in [0.25, 0.3) is 22.3 Å². The van der Waals surface area contributed by atoms with Crippen LogP contribution >= 0.6 is 0 Å². The highest BCUT2D eigenvalue weighted by Gasteiger charge is 2.11. The maximum Gasteiger partial charge on any atom is 0.256 e. The lowest BCUT2D eigenvalue weighted by Crippen LogP contribution is -2.13. The summed E-state index contributed by atoms with van der Waals surface area (Å²) in [5, 5.41) is 2.86. The van der Waals surface area contributed by atoms with Gasteiger partial charge in [0.15, 0.2) is 0 Å². The van der Waals surface area contributed by atoms with E-state index in [0.717, 1.165) is 16.6 Å². The molecule has 3 aromatic carbocycles. The molecule has 0 aliphatic carbocycles. The topological polar surface area (TPSA) is 69.0 Å². The molecule has 0 radical (unpaired) electrons. The van der Waals surface area contributed by atoms with E-state index in [1.165, 1.54) is 12.1 Å². The first-order valence-electron chi connectivity index (χ1n) is 10.3. The Bertz CT molecular complexity index is 1440. The van der Waals surface area contributed by atoms with Gasteiger partial charge in [0.1, 0.15) is 23.1 Å². The minimum atomic E-state index is -0.312. The molecule has 0 atom stereocenters. The Kier molecular flexibility index (Phi) is 5.28. The second-order valence-electron chi connectivity index (χ2n) is 7.50. The number of hydrogen-bond donors (Lipinski definition) is 1. The van der Waals surface area contributed by atoms with Crippen molar-refractivity contribution < 1.29 is 13.9 Å². The van der Waals surface area contributed by atoms with E-state index in [9.17, 15) is 9.18 Å². The normalized spacial score (nSPS) is 10.8. The summed E-state index contributed by atoms with van der Waals surface area (Å²) in [7, 11) is 1.89. The predicted octanol–water partition coefficient (Wildman–Crippen LogP) is 5.82. The number of pyridine rings is 1. The summed E-state index contributed by atoms with van der Waals surface area (Å²) in [5.41, 5.74) is 3.83. The molecule has 2 aromatic heterocycles. The minimum Gasteiger partial charge on any atom is -0.457 e. The number of fused-ring (bicyclic) bond motifs is 1. The smallest absolute Gasteiger partial charge is 0.256 e. The SMILES string of the molecule is Cn1cnc2ccc(C(=O)Nc3cccc(-c4ccc(Oc5ccc(F)cc5)cc4)n3)cc21. The number of anilines is 1. The molecule has 0 spiro atoms. The van der Waals surface area contributed by atoms with Crippen molar-refractivity contribution in [1.29, 1.82) is 0 Å². The van der Waals surface area contributed by atoms with Gasteiger partial charge in [0.25, 0.3) is 5.91 Å². The number of nitrogens with zero attached hydrogens (tertiary/aromatic N) is 3. The quantitative estimate of drug-likeness (QED) is 0.375. The summed E-state index contributed by atoms with van der Waals surface area (Å²) >= 11 is 0. The zero-order chi connectivity index (χ0) is 22.8. The largest absolute Gasteiger partial charge is 0.457 e. The zero-order valence-electron chi connectivity index (χ0n) is 17.7. The number of carbonyl (C=O) groups is 1. The van der Waals surface area contributed by atoms with Gasteiger partial charge in [0.2, 0.25) is 0 Å². The first-order valence-corrected chi connectivity index (χ1v) is 10.3. The summed E-state index contributed by atoms with van der Waals surface area (Å²) in [6.07, 6.45) is 1.72. The van der Waals surface area contributed by atoms with Crippen LogP contribution in [0.15, 0.2) is 91.3 Å². The highest BCUT2D eigenvalue weighted by Crippen LogP contribution is 2.26. The zero-order valence-corrected chi connectivity index (χ0v) is 17.7. The molecular formula is C26H19FN4O2. The van der Waals surface area contributed by atoms with Crippen LogP contribution in [0, 0.1) is 5.82 Å². The second kappa shape index (κ2) is 8.55. The summed E-state index contributed by atoms with van der Waals surface area (Å²) < 4.78 is 20.6. The summed E-state index contributed by atoms with van der Waals surface area (Å²) in [6.45, 7) is 0. The standard InChI is InChI=1S/C26H19FN4O2/c1-31-16-28-23-14-7-18(15-24(23)31)26(32)30-25-4-2-3-22(29-25)17-5-10-20(11-6-17)33-21-12-8-19(27)9-13-21/h2-16H,1H3,(H,29,30,32). The van der Waals surface area contributed by atoms with Gasteiger partial charge in [0.05, 0.1) is 23.1 Å². The van der Waals surface area contributed by atoms with Crippen LogP contribution in [0.2, 0.25) is 0 Å². The number of ether oxygens (including phenoxy) is 1. The molecule has 0 saturated carbocycles. The molecule has 1 amide bonds. The average molecular weight is 438 g/mol. The Morgan fingerprint density at radius 3 is 2.42 bits per heavy atom. The fourth-order valence-electron chi connectivity index (χ4n) is 3.45. The maximum atomic E-state index is 13.0. The molecule has 0 saturated heterocycles. The fourth-order valence-corrected chi connectivity index (χ4v) is 3.45. The lowest BCUT2D eigenvalue weighted by atomic mass is 10.1. The van der Waals surface area contributed by atoms with Crippen molar-refractivity contribution in [3.05, 3.63) is 103 Å². The third-order valence-electron chi connectivity index (χ3n) is 5.18. The van der Waals surface area contributed by atoms with Crippen LogP contribution < -0.4 is 10.1 Å². The maximum absolute atomic E-state index is 13.0. The van der Waals surface area contributed by atoms with E-state index in [-0.39, 0.29) is 11.7 Å². The second-order valence-corrected chi connectivity index (χ2v) is 7.50. The van der Waals surface area contributed by atoms with Crippen molar-refractivity contribution in [2.75, 3.05) is 5.32 Å². The highest BCUT2D eigenvalue weighted by molar-refractivity contribution is 6.05. The Labute approximate surface area is 189 Å². The van der Waals surface area contributed by atoms with Gasteiger partial charge in [-0.05, 0) is 78.9 Å². The van der Waals surface area contributed by atoms with Crippen LogP contribution in [-0.2, 0) is 7.05 Å². The molecule has 0 fully saturated rings. The molecule has 0 bridgehead atoms. The van der Waals surface area contributed by atoms with Gasteiger partial charge in [-0.15, -0.1) is 0 Å². The molecule has 0 aliphatic rings. The molecule has 5 rings (SSSR count). The first-order chi connectivity index (χ1) is 16.0.